The molecule has 0 fully saturated rings. The number of rotatable bonds is 4. The van der Waals surface area contributed by atoms with Crippen LogP contribution >= 0.6 is 27.5 Å². The van der Waals surface area contributed by atoms with Gasteiger partial charge in [0.15, 0.2) is 14.1 Å². The lowest BCUT2D eigenvalue weighted by Crippen LogP contribution is -2.51. The summed E-state index contributed by atoms with van der Waals surface area (Å²) in [6.07, 6.45) is 2.01. The van der Waals surface area contributed by atoms with Crippen LogP contribution in [0.4, 0.5) is 4.39 Å². The highest BCUT2D eigenvalue weighted by molar-refractivity contribution is 9.10. The maximum absolute atomic E-state index is 14.5. The average molecular weight is 406 g/mol. The molecule has 2 heterocycles. The normalized spacial score (nSPS) is 13.1. The van der Waals surface area contributed by atoms with Crippen molar-refractivity contribution in [1.29, 1.82) is 0 Å². The summed E-state index contributed by atoms with van der Waals surface area (Å²) >= 11 is 9.29. The van der Waals surface area contributed by atoms with E-state index in [0.717, 1.165) is 0 Å². The Hall–Kier alpha value is -0.393. The molecule has 0 saturated heterocycles. The Kier molecular flexibility index (Phi) is 5.10. The molecule has 0 N–H and O–H groups in total. The van der Waals surface area contributed by atoms with Crippen molar-refractivity contribution in [3.8, 4) is 0 Å². The third-order valence-corrected chi connectivity index (χ3v) is 12.8. The maximum Gasteiger partial charge on any atom is 0.171 e. The third kappa shape index (κ3) is 2.45. The fraction of sp³-hybridized carbons (Fsp3) is 0.562. The summed E-state index contributed by atoms with van der Waals surface area (Å²) in [5.74, 6) is -0.326. The predicted molar refractivity (Wildman–Crippen MR) is 98.8 cm³/mol. The van der Waals surface area contributed by atoms with Crippen molar-refractivity contribution in [2.75, 3.05) is 0 Å². The van der Waals surface area contributed by atoms with Crippen LogP contribution < -0.4 is 0 Å². The molecule has 0 aliphatic rings. The standard InChI is InChI=1S/C16H23BrClFN2Si/c1-9(2)22(10(3)4,11(5)6)21-8-7-12-14(19)13(17)15(18)20-16(12)21/h7-11H,1-6H3. The first-order valence-electron chi connectivity index (χ1n) is 7.67. The molecule has 2 aromatic heterocycles. The first-order valence-corrected chi connectivity index (χ1v) is 11.0. The van der Waals surface area contributed by atoms with Crippen LogP contribution in [0.2, 0.25) is 21.8 Å². The molecule has 0 aliphatic carbocycles. The van der Waals surface area contributed by atoms with Crippen LogP contribution in [0.1, 0.15) is 41.5 Å². The third-order valence-electron chi connectivity index (χ3n) is 4.87. The van der Waals surface area contributed by atoms with Gasteiger partial charge in [-0.1, -0.05) is 53.1 Å². The van der Waals surface area contributed by atoms with E-state index < -0.39 is 8.24 Å². The van der Waals surface area contributed by atoms with Gasteiger partial charge in [0.25, 0.3) is 0 Å². The van der Waals surface area contributed by atoms with Crippen molar-refractivity contribution in [3.63, 3.8) is 0 Å². The molecule has 2 rings (SSSR count). The Morgan fingerprint density at radius 2 is 1.64 bits per heavy atom. The topological polar surface area (TPSA) is 17.8 Å². The number of halogens is 3. The van der Waals surface area contributed by atoms with Crippen LogP contribution in [0.3, 0.4) is 0 Å². The molecule has 122 valence electrons. The second-order valence-electron chi connectivity index (χ2n) is 6.80. The summed E-state index contributed by atoms with van der Waals surface area (Å²) in [7, 11) is -1.97. The van der Waals surface area contributed by atoms with E-state index in [2.05, 4.69) is 66.7 Å². The van der Waals surface area contributed by atoms with E-state index in [1.165, 1.54) is 0 Å². The van der Waals surface area contributed by atoms with Gasteiger partial charge in [0.1, 0.15) is 10.8 Å². The molecule has 2 aromatic rings. The zero-order valence-electron chi connectivity index (χ0n) is 13.9. The van der Waals surface area contributed by atoms with E-state index in [1.807, 2.05) is 12.3 Å². The van der Waals surface area contributed by atoms with Gasteiger partial charge < -0.3 is 4.23 Å². The van der Waals surface area contributed by atoms with Gasteiger partial charge in [-0.05, 0) is 44.8 Å². The molecule has 0 unspecified atom stereocenters. The average Bonchev–Trinajstić information content (AvgIpc) is 2.80. The summed E-state index contributed by atoms with van der Waals surface area (Å²) in [5, 5.41) is 0.721. The molecule has 6 heteroatoms. The van der Waals surface area contributed by atoms with Crippen LogP contribution in [0, 0.1) is 5.82 Å². The molecule has 0 aliphatic heterocycles. The zero-order valence-corrected chi connectivity index (χ0v) is 17.3. The Morgan fingerprint density at radius 3 is 2.09 bits per heavy atom. The van der Waals surface area contributed by atoms with E-state index in [9.17, 15) is 4.39 Å². The first kappa shape index (κ1) is 18.0. The summed E-state index contributed by atoms with van der Waals surface area (Å²) in [6.45, 7) is 13.6. The van der Waals surface area contributed by atoms with Crippen LogP contribution in [-0.2, 0) is 0 Å². The lowest BCUT2D eigenvalue weighted by atomic mass is 10.3. The summed E-state index contributed by atoms with van der Waals surface area (Å²) in [4.78, 5) is 4.49. The Bertz CT molecular complexity index is 675. The highest BCUT2D eigenvalue weighted by atomic mass is 79.9. The fourth-order valence-corrected chi connectivity index (χ4v) is 11.2. The van der Waals surface area contributed by atoms with Crippen molar-refractivity contribution >= 4 is 46.8 Å². The predicted octanol–water partition coefficient (Wildman–Crippen LogP) is 6.61. The maximum atomic E-state index is 14.5. The number of hydrogen-bond acceptors (Lipinski definition) is 1. The second-order valence-corrected chi connectivity index (χ2v) is 13.7. The number of aromatic nitrogens is 2. The van der Waals surface area contributed by atoms with Crippen molar-refractivity contribution in [2.24, 2.45) is 0 Å². The fourth-order valence-electron chi connectivity index (χ4n) is 4.21. The number of nitrogens with zero attached hydrogens (tertiary/aromatic N) is 2. The van der Waals surface area contributed by atoms with E-state index in [1.54, 1.807) is 0 Å². The second kappa shape index (κ2) is 6.25. The number of hydrogen-bond donors (Lipinski definition) is 0. The molecule has 0 bridgehead atoms. The van der Waals surface area contributed by atoms with Crippen molar-refractivity contribution in [1.82, 2.24) is 9.22 Å². The summed E-state index contributed by atoms with van der Waals surface area (Å²) < 4.78 is 17.0. The molecule has 2 nitrogen and oxygen atoms in total. The minimum Gasteiger partial charge on any atom is -0.358 e. The monoisotopic (exact) mass is 404 g/mol. The molecule has 0 spiro atoms. The zero-order chi connectivity index (χ0) is 16.8. The van der Waals surface area contributed by atoms with Crippen LogP contribution in [0.15, 0.2) is 16.7 Å². The minimum absolute atomic E-state index is 0.184. The minimum atomic E-state index is -1.97. The molecule has 0 atom stereocenters. The molecular weight excluding hydrogens is 383 g/mol. The quantitative estimate of drug-likeness (QED) is 0.413. The molecule has 0 aromatic carbocycles. The lowest BCUT2D eigenvalue weighted by Gasteiger charge is -2.44. The van der Waals surface area contributed by atoms with Gasteiger partial charge in [0, 0.05) is 0 Å². The van der Waals surface area contributed by atoms with Crippen LogP contribution in [-0.4, -0.2) is 17.5 Å². The summed E-state index contributed by atoms with van der Waals surface area (Å²) in [5.41, 5.74) is 2.20. The van der Waals surface area contributed by atoms with Crippen molar-refractivity contribution < 1.29 is 4.39 Å². The van der Waals surface area contributed by atoms with E-state index in [0.29, 0.717) is 27.7 Å². The summed E-state index contributed by atoms with van der Waals surface area (Å²) in [6, 6.07) is 1.83. The highest BCUT2D eigenvalue weighted by Gasteiger charge is 2.46. The number of fused-ring (bicyclic) bond motifs is 1. The molecule has 0 amide bonds. The first-order chi connectivity index (χ1) is 10.2. The van der Waals surface area contributed by atoms with E-state index in [4.69, 9.17) is 11.6 Å². The number of pyridine rings is 1. The van der Waals surface area contributed by atoms with Crippen LogP contribution in [0.5, 0.6) is 0 Å². The van der Waals surface area contributed by atoms with Gasteiger partial charge >= 0.3 is 0 Å². The Balaban J connectivity index is 2.87. The van der Waals surface area contributed by atoms with Gasteiger partial charge in [-0.3, -0.25) is 0 Å². The van der Waals surface area contributed by atoms with Gasteiger partial charge in [0.2, 0.25) is 0 Å². The van der Waals surface area contributed by atoms with Gasteiger partial charge in [-0.15, -0.1) is 0 Å². The molecule has 0 radical (unpaired) electrons. The largest absolute Gasteiger partial charge is 0.358 e. The van der Waals surface area contributed by atoms with Crippen molar-refractivity contribution in [3.05, 3.63) is 27.7 Å². The SMILES string of the molecule is CC(C)[Si](C(C)C)(C(C)C)n1ccc2c(F)c(Br)c(Cl)nc21. The van der Waals surface area contributed by atoms with E-state index >= 15 is 0 Å². The molecule has 0 saturated carbocycles. The van der Waals surface area contributed by atoms with Gasteiger partial charge in [-0.2, -0.15) is 0 Å². The van der Waals surface area contributed by atoms with E-state index in [-0.39, 0.29) is 15.4 Å². The molecule has 22 heavy (non-hydrogen) atoms. The Labute approximate surface area is 146 Å². The van der Waals surface area contributed by atoms with Crippen molar-refractivity contribution in [2.45, 2.75) is 58.2 Å². The smallest absolute Gasteiger partial charge is 0.171 e. The van der Waals surface area contributed by atoms with Gasteiger partial charge in [0.05, 0.1) is 9.86 Å². The van der Waals surface area contributed by atoms with Crippen LogP contribution in [0.25, 0.3) is 11.0 Å². The van der Waals surface area contributed by atoms with Gasteiger partial charge in [-0.25, -0.2) is 9.37 Å². The highest BCUT2D eigenvalue weighted by Crippen LogP contribution is 2.44. The Morgan fingerprint density at radius 1 is 1.14 bits per heavy atom. The lowest BCUT2D eigenvalue weighted by molar-refractivity contribution is 0.631. The molecular formula is C16H23BrClFN2Si.